The summed E-state index contributed by atoms with van der Waals surface area (Å²) in [5.74, 6) is -1.35. The van der Waals surface area contributed by atoms with Crippen LogP contribution in [0.15, 0.2) is 11.1 Å². The molecule has 0 aromatic rings. The monoisotopic (exact) mass is 283 g/mol. The molecule has 0 bridgehead atoms. The van der Waals surface area contributed by atoms with E-state index >= 15 is 0 Å². The number of amides is 1. The summed E-state index contributed by atoms with van der Waals surface area (Å²) in [4.78, 5) is 22.9. The van der Waals surface area contributed by atoms with Gasteiger partial charge in [0.15, 0.2) is 0 Å². The van der Waals surface area contributed by atoms with Gasteiger partial charge in [0.2, 0.25) is 5.91 Å². The average molecular weight is 283 g/mol. The maximum Gasteiger partial charge on any atom is 0.331 e. The van der Waals surface area contributed by atoms with Crippen molar-refractivity contribution in [3.63, 3.8) is 0 Å². The van der Waals surface area contributed by atoms with Crippen LogP contribution in [0.25, 0.3) is 0 Å². The average Bonchev–Trinajstić information content (AvgIpc) is 2.45. The molecule has 1 aliphatic rings. The van der Waals surface area contributed by atoms with Crippen LogP contribution >= 0.6 is 0 Å². The van der Waals surface area contributed by atoms with Crippen molar-refractivity contribution in [1.29, 1.82) is 0 Å². The summed E-state index contributed by atoms with van der Waals surface area (Å²) in [6.07, 6.45) is 3.38. The quantitative estimate of drug-likeness (QED) is 0.759. The molecule has 5 nitrogen and oxygen atoms in total. The van der Waals surface area contributed by atoms with Crippen molar-refractivity contribution >= 4 is 11.9 Å². The summed E-state index contributed by atoms with van der Waals surface area (Å²) < 4.78 is 5.86. The molecule has 1 heterocycles. The van der Waals surface area contributed by atoms with E-state index in [0.29, 0.717) is 6.61 Å². The number of carboxylic acid groups (broad SMARTS) is 1. The highest BCUT2D eigenvalue weighted by atomic mass is 16.5. The maximum absolute atomic E-state index is 12.1. The molecule has 1 saturated heterocycles. The van der Waals surface area contributed by atoms with E-state index < -0.39 is 5.97 Å². The molecule has 2 N–H and O–H groups in total. The Hall–Kier alpha value is -1.36. The fourth-order valence-corrected chi connectivity index (χ4v) is 2.52. The van der Waals surface area contributed by atoms with Crippen LogP contribution in [0.2, 0.25) is 0 Å². The molecule has 0 aromatic carbocycles. The van der Waals surface area contributed by atoms with Crippen molar-refractivity contribution in [2.45, 2.75) is 65.0 Å². The summed E-state index contributed by atoms with van der Waals surface area (Å²) in [5.41, 5.74) is 0.199. The number of aliphatic carboxylic acids is 1. The van der Waals surface area contributed by atoms with Gasteiger partial charge in [-0.15, -0.1) is 0 Å². The van der Waals surface area contributed by atoms with Gasteiger partial charge in [0, 0.05) is 23.8 Å². The minimum atomic E-state index is -1.05. The Labute approximate surface area is 120 Å². The largest absolute Gasteiger partial charge is 0.478 e. The Morgan fingerprint density at radius 3 is 2.35 bits per heavy atom. The van der Waals surface area contributed by atoms with Crippen LogP contribution < -0.4 is 5.32 Å². The third-order valence-corrected chi connectivity index (χ3v) is 4.34. The molecule has 0 aliphatic carbocycles. The molecule has 0 saturated carbocycles. The molecule has 114 valence electrons. The van der Waals surface area contributed by atoms with Gasteiger partial charge in [-0.1, -0.05) is 13.8 Å². The zero-order chi connectivity index (χ0) is 15.3. The smallest absolute Gasteiger partial charge is 0.331 e. The summed E-state index contributed by atoms with van der Waals surface area (Å²) in [7, 11) is 0. The summed E-state index contributed by atoms with van der Waals surface area (Å²) in [5, 5.41) is 11.8. The van der Waals surface area contributed by atoms with Crippen molar-refractivity contribution < 1.29 is 19.4 Å². The van der Waals surface area contributed by atoms with Gasteiger partial charge in [-0.2, -0.15) is 0 Å². The molecular formula is C15H25NO4. The lowest BCUT2D eigenvalue weighted by molar-refractivity contribution is -0.133. The molecule has 0 spiro atoms. The van der Waals surface area contributed by atoms with Crippen LogP contribution in [-0.2, 0) is 14.3 Å². The van der Waals surface area contributed by atoms with Gasteiger partial charge < -0.3 is 15.2 Å². The number of hydrogen-bond acceptors (Lipinski definition) is 3. The van der Waals surface area contributed by atoms with E-state index in [4.69, 9.17) is 9.84 Å². The molecular weight excluding hydrogens is 258 g/mol. The number of rotatable bonds is 5. The molecule has 1 rings (SSSR count). The molecule has 5 heteroatoms. The maximum atomic E-state index is 12.1. The minimum absolute atomic E-state index is 0.0488. The highest BCUT2D eigenvalue weighted by Gasteiger charge is 2.35. The van der Waals surface area contributed by atoms with E-state index in [2.05, 4.69) is 19.2 Å². The first kappa shape index (κ1) is 16.7. The van der Waals surface area contributed by atoms with Crippen LogP contribution in [0, 0.1) is 0 Å². The van der Waals surface area contributed by atoms with Crippen molar-refractivity contribution in [2.75, 3.05) is 6.61 Å². The van der Waals surface area contributed by atoms with E-state index in [-0.39, 0.29) is 28.7 Å². The Balaban J connectivity index is 2.72. The second-order valence-corrected chi connectivity index (χ2v) is 5.46. The van der Waals surface area contributed by atoms with Crippen molar-refractivity contribution in [3.05, 3.63) is 11.1 Å². The van der Waals surface area contributed by atoms with E-state index in [1.165, 1.54) is 6.92 Å². The lowest BCUT2D eigenvalue weighted by Gasteiger charge is -2.40. The SMILES string of the molecule is CCC1(CC)CC(NC(=O)C(C)=C(C)C(=O)O)CCO1. The van der Waals surface area contributed by atoms with Gasteiger partial charge in [-0.25, -0.2) is 4.79 Å². The van der Waals surface area contributed by atoms with E-state index in [0.717, 1.165) is 25.7 Å². The van der Waals surface area contributed by atoms with Crippen molar-refractivity contribution in [3.8, 4) is 0 Å². The zero-order valence-corrected chi connectivity index (χ0v) is 12.8. The lowest BCUT2D eigenvalue weighted by atomic mass is 9.86. The third kappa shape index (κ3) is 3.82. The van der Waals surface area contributed by atoms with Gasteiger partial charge in [-0.3, -0.25) is 4.79 Å². The Morgan fingerprint density at radius 2 is 1.85 bits per heavy atom. The number of carbonyl (C=O) groups excluding carboxylic acids is 1. The fraction of sp³-hybridized carbons (Fsp3) is 0.733. The van der Waals surface area contributed by atoms with E-state index in [9.17, 15) is 9.59 Å². The van der Waals surface area contributed by atoms with Gasteiger partial charge in [-0.05, 0) is 39.5 Å². The Bertz CT molecular complexity index is 410. The first-order valence-electron chi connectivity index (χ1n) is 7.20. The summed E-state index contributed by atoms with van der Waals surface area (Å²) in [6.45, 7) is 7.81. The number of carbonyl (C=O) groups is 2. The minimum Gasteiger partial charge on any atom is -0.478 e. The van der Waals surface area contributed by atoms with Crippen LogP contribution in [-0.4, -0.2) is 35.2 Å². The predicted octanol–water partition coefficient (Wildman–Crippen LogP) is 2.26. The molecule has 1 unspecified atom stereocenters. The highest BCUT2D eigenvalue weighted by Crippen LogP contribution is 2.31. The van der Waals surface area contributed by atoms with Crippen molar-refractivity contribution in [1.82, 2.24) is 5.32 Å². The second-order valence-electron chi connectivity index (χ2n) is 5.46. The van der Waals surface area contributed by atoms with Crippen LogP contribution in [0.3, 0.4) is 0 Å². The molecule has 0 radical (unpaired) electrons. The van der Waals surface area contributed by atoms with Crippen LogP contribution in [0.5, 0.6) is 0 Å². The van der Waals surface area contributed by atoms with Gasteiger partial charge in [0.05, 0.1) is 5.60 Å². The van der Waals surface area contributed by atoms with Crippen molar-refractivity contribution in [2.24, 2.45) is 0 Å². The molecule has 1 aliphatic heterocycles. The van der Waals surface area contributed by atoms with E-state index in [1.807, 2.05) is 0 Å². The standard InChI is InChI=1S/C15H25NO4/c1-5-15(6-2)9-12(7-8-20-15)16-13(17)10(3)11(4)14(18)19/h12H,5-9H2,1-4H3,(H,16,17)(H,18,19). The normalized spacial score (nSPS) is 22.9. The summed E-state index contributed by atoms with van der Waals surface area (Å²) in [6, 6.07) is 0.0488. The predicted molar refractivity (Wildman–Crippen MR) is 76.4 cm³/mol. The molecule has 20 heavy (non-hydrogen) atoms. The summed E-state index contributed by atoms with van der Waals surface area (Å²) >= 11 is 0. The molecule has 1 fully saturated rings. The highest BCUT2D eigenvalue weighted by molar-refractivity contribution is 6.01. The number of ether oxygens (including phenoxy) is 1. The molecule has 1 atom stereocenters. The Morgan fingerprint density at radius 1 is 1.25 bits per heavy atom. The number of carboxylic acids is 1. The first-order valence-corrected chi connectivity index (χ1v) is 7.20. The van der Waals surface area contributed by atoms with Gasteiger partial charge in [0.25, 0.3) is 0 Å². The zero-order valence-electron chi connectivity index (χ0n) is 12.8. The number of hydrogen-bond donors (Lipinski definition) is 2. The van der Waals surface area contributed by atoms with Crippen LogP contribution in [0.4, 0.5) is 0 Å². The number of nitrogens with one attached hydrogen (secondary N) is 1. The van der Waals surface area contributed by atoms with Crippen LogP contribution in [0.1, 0.15) is 53.4 Å². The molecule has 1 amide bonds. The lowest BCUT2D eigenvalue weighted by Crippen LogP contribution is -2.48. The first-order chi connectivity index (χ1) is 9.35. The fourth-order valence-electron chi connectivity index (χ4n) is 2.52. The topological polar surface area (TPSA) is 75.6 Å². The Kier molecular flexibility index (Phi) is 5.74. The second kappa shape index (κ2) is 6.88. The van der Waals surface area contributed by atoms with Gasteiger partial charge >= 0.3 is 5.97 Å². The van der Waals surface area contributed by atoms with E-state index in [1.54, 1.807) is 6.92 Å². The third-order valence-electron chi connectivity index (χ3n) is 4.34. The molecule has 0 aromatic heterocycles. The van der Waals surface area contributed by atoms with Gasteiger partial charge in [0.1, 0.15) is 0 Å².